The number of rotatable bonds is 5. The Morgan fingerprint density at radius 3 is 2.38 bits per heavy atom. The SMILES string of the molecule is CC(NC(c1ccccc1)c1cccs1)c1ccc(Cl)s1. The first-order chi connectivity index (χ1) is 10.2. The van der Waals surface area contributed by atoms with E-state index in [4.69, 9.17) is 11.6 Å². The summed E-state index contributed by atoms with van der Waals surface area (Å²) in [7, 11) is 0. The molecule has 0 aliphatic heterocycles. The Kier molecular flexibility index (Phi) is 4.76. The number of hydrogen-bond acceptors (Lipinski definition) is 3. The minimum Gasteiger partial charge on any atom is -0.298 e. The van der Waals surface area contributed by atoms with Gasteiger partial charge in [0.25, 0.3) is 0 Å². The minimum atomic E-state index is 0.210. The monoisotopic (exact) mass is 333 g/mol. The van der Waals surface area contributed by atoms with Gasteiger partial charge in [0, 0.05) is 15.8 Å². The molecule has 0 saturated heterocycles. The highest BCUT2D eigenvalue weighted by atomic mass is 35.5. The highest BCUT2D eigenvalue weighted by Crippen LogP contribution is 2.32. The molecule has 0 saturated carbocycles. The number of nitrogens with one attached hydrogen (secondary N) is 1. The van der Waals surface area contributed by atoms with Crippen molar-refractivity contribution in [3.05, 3.63) is 79.6 Å². The summed E-state index contributed by atoms with van der Waals surface area (Å²) in [5, 5.41) is 5.85. The number of benzene rings is 1. The molecule has 0 radical (unpaired) electrons. The predicted molar refractivity (Wildman–Crippen MR) is 93.5 cm³/mol. The van der Waals surface area contributed by atoms with Crippen molar-refractivity contribution < 1.29 is 0 Å². The summed E-state index contributed by atoms with van der Waals surface area (Å²) in [6.07, 6.45) is 0. The summed E-state index contributed by atoms with van der Waals surface area (Å²) in [4.78, 5) is 2.59. The highest BCUT2D eigenvalue weighted by molar-refractivity contribution is 7.16. The normalized spacial score (nSPS) is 14.0. The maximum Gasteiger partial charge on any atom is 0.0931 e. The molecule has 0 aliphatic carbocycles. The Hall–Kier alpha value is -1.13. The fourth-order valence-electron chi connectivity index (χ4n) is 2.34. The standard InChI is InChI=1S/C17H16ClNS2/c1-12(14-9-10-16(18)21-14)19-17(15-8-5-11-20-15)13-6-3-2-4-7-13/h2-12,17,19H,1H3. The number of halogens is 1. The first-order valence-corrected chi connectivity index (χ1v) is 8.91. The van der Waals surface area contributed by atoms with E-state index < -0.39 is 0 Å². The average molecular weight is 334 g/mol. The van der Waals surface area contributed by atoms with Gasteiger partial charge in [-0.25, -0.2) is 0 Å². The summed E-state index contributed by atoms with van der Waals surface area (Å²) in [5.74, 6) is 0. The summed E-state index contributed by atoms with van der Waals surface area (Å²) >= 11 is 9.47. The first-order valence-electron chi connectivity index (χ1n) is 6.83. The van der Waals surface area contributed by atoms with E-state index in [1.165, 1.54) is 15.3 Å². The molecule has 21 heavy (non-hydrogen) atoms. The molecule has 3 aromatic rings. The van der Waals surface area contributed by atoms with E-state index in [1.807, 2.05) is 6.07 Å². The second-order valence-corrected chi connectivity index (χ2v) is 7.62. The molecule has 0 bridgehead atoms. The van der Waals surface area contributed by atoms with E-state index in [2.05, 4.69) is 66.2 Å². The van der Waals surface area contributed by atoms with Crippen molar-refractivity contribution in [2.24, 2.45) is 0 Å². The molecule has 0 amide bonds. The molecule has 1 nitrogen and oxygen atoms in total. The third kappa shape index (κ3) is 3.55. The van der Waals surface area contributed by atoms with Crippen molar-refractivity contribution >= 4 is 34.3 Å². The van der Waals surface area contributed by atoms with E-state index >= 15 is 0 Å². The fraction of sp³-hybridized carbons (Fsp3) is 0.176. The zero-order valence-corrected chi connectivity index (χ0v) is 14.0. The molecule has 4 heteroatoms. The molecule has 2 unspecified atom stereocenters. The van der Waals surface area contributed by atoms with Gasteiger partial charge in [0.05, 0.1) is 10.4 Å². The van der Waals surface area contributed by atoms with Crippen LogP contribution in [0.1, 0.15) is 34.3 Å². The van der Waals surface area contributed by atoms with Crippen molar-refractivity contribution in [1.29, 1.82) is 0 Å². The molecular weight excluding hydrogens is 318 g/mol. The average Bonchev–Trinajstić information content (AvgIpc) is 3.17. The van der Waals surface area contributed by atoms with Gasteiger partial charge in [-0.1, -0.05) is 48.0 Å². The largest absolute Gasteiger partial charge is 0.298 e. The fourth-order valence-corrected chi connectivity index (χ4v) is 4.22. The molecule has 108 valence electrons. The molecule has 3 rings (SSSR count). The van der Waals surface area contributed by atoms with Crippen molar-refractivity contribution in [3.63, 3.8) is 0 Å². The van der Waals surface area contributed by atoms with Crippen molar-refractivity contribution in [2.75, 3.05) is 0 Å². The topological polar surface area (TPSA) is 12.0 Å². The van der Waals surface area contributed by atoms with Crippen LogP contribution < -0.4 is 5.32 Å². The number of hydrogen-bond donors (Lipinski definition) is 1. The van der Waals surface area contributed by atoms with Crippen LogP contribution in [-0.2, 0) is 0 Å². The predicted octanol–water partition coefficient (Wildman–Crippen LogP) is 5.90. The van der Waals surface area contributed by atoms with Gasteiger partial charge in [-0.2, -0.15) is 0 Å². The zero-order chi connectivity index (χ0) is 14.7. The quantitative estimate of drug-likeness (QED) is 0.612. The highest BCUT2D eigenvalue weighted by Gasteiger charge is 2.19. The van der Waals surface area contributed by atoms with Gasteiger partial charge in [0.15, 0.2) is 0 Å². The van der Waals surface area contributed by atoms with Crippen molar-refractivity contribution in [3.8, 4) is 0 Å². The van der Waals surface area contributed by atoms with E-state index in [0.29, 0.717) is 0 Å². The van der Waals surface area contributed by atoms with Crippen molar-refractivity contribution in [2.45, 2.75) is 19.0 Å². The lowest BCUT2D eigenvalue weighted by Crippen LogP contribution is -2.24. The van der Waals surface area contributed by atoms with Gasteiger partial charge in [-0.3, -0.25) is 5.32 Å². The zero-order valence-electron chi connectivity index (χ0n) is 11.6. The minimum absolute atomic E-state index is 0.210. The second-order valence-electron chi connectivity index (χ2n) is 4.89. The molecule has 0 spiro atoms. The summed E-state index contributed by atoms with van der Waals surface area (Å²) in [6, 6.07) is 19.4. The third-order valence-electron chi connectivity index (χ3n) is 3.40. The van der Waals surface area contributed by atoms with Crippen LogP contribution in [0.15, 0.2) is 60.0 Å². The number of thiophene rings is 2. The molecule has 2 atom stereocenters. The maximum atomic E-state index is 6.05. The lowest BCUT2D eigenvalue weighted by atomic mass is 10.0. The maximum absolute atomic E-state index is 6.05. The molecular formula is C17H16ClNS2. The Morgan fingerprint density at radius 1 is 0.952 bits per heavy atom. The molecule has 2 heterocycles. The van der Waals surface area contributed by atoms with Crippen LogP contribution in [0.2, 0.25) is 4.34 Å². The lowest BCUT2D eigenvalue weighted by molar-refractivity contribution is 0.528. The van der Waals surface area contributed by atoms with Crippen LogP contribution >= 0.6 is 34.3 Å². The van der Waals surface area contributed by atoms with Gasteiger partial charge < -0.3 is 0 Å². The van der Waals surface area contributed by atoms with E-state index in [9.17, 15) is 0 Å². The third-order valence-corrected chi connectivity index (χ3v) is 5.75. The second kappa shape index (κ2) is 6.75. The van der Waals surface area contributed by atoms with Crippen LogP contribution in [0, 0.1) is 0 Å². The Labute approximate surface area is 138 Å². The Bertz CT molecular complexity index is 676. The summed E-state index contributed by atoms with van der Waals surface area (Å²) in [6.45, 7) is 2.19. The van der Waals surface area contributed by atoms with E-state index in [0.717, 1.165) is 4.34 Å². The lowest BCUT2D eigenvalue weighted by Gasteiger charge is -2.22. The van der Waals surface area contributed by atoms with Crippen molar-refractivity contribution in [1.82, 2.24) is 5.32 Å². The van der Waals surface area contributed by atoms with Gasteiger partial charge in [0.1, 0.15) is 0 Å². The van der Waals surface area contributed by atoms with Gasteiger partial charge in [0.2, 0.25) is 0 Å². The van der Waals surface area contributed by atoms with Crippen LogP contribution in [0.25, 0.3) is 0 Å². The van der Waals surface area contributed by atoms with Crippen LogP contribution in [0.5, 0.6) is 0 Å². The van der Waals surface area contributed by atoms with E-state index in [-0.39, 0.29) is 12.1 Å². The summed E-state index contributed by atoms with van der Waals surface area (Å²) < 4.78 is 0.839. The van der Waals surface area contributed by atoms with Gasteiger partial charge >= 0.3 is 0 Å². The molecule has 1 N–H and O–H groups in total. The molecule has 2 aromatic heterocycles. The van der Waals surface area contributed by atoms with Crippen LogP contribution in [0.4, 0.5) is 0 Å². The Morgan fingerprint density at radius 2 is 1.76 bits per heavy atom. The summed E-state index contributed by atoms with van der Waals surface area (Å²) in [5.41, 5.74) is 1.29. The molecule has 0 aliphatic rings. The molecule has 0 fully saturated rings. The van der Waals surface area contributed by atoms with E-state index in [1.54, 1.807) is 22.7 Å². The van der Waals surface area contributed by atoms with Gasteiger partial charge in [-0.05, 0) is 36.1 Å². The van der Waals surface area contributed by atoms with Gasteiger partial charge in [-0.15, -0.1) is 22.7 Å². The smallest absolute Gasteiger partial charge is 0.0931 e. The molecule has 1 aromatic carbocycles. The Balaban J connectivity index is 1.86. The van der Waals surface area contributed by atoms with Crippen LogP contribution in [0.3, 0.4) is 0 Å². The first kappa shape index (κ1) is 14.8. The van der Waals surface area contributed by atoms with Crippen LogP contribution in [-0.4, -0.2) is 0 Å².